The average Bonchev–Trinajstić information content (AvgIpc) is 3.20. The van der Waals surface area contributed by atoms with Crippen molar-refractivity contribution in [1.82, 2.24) is 4.90 Å². The van der Waals surface area contributed by atoms with Crippen LogP contribution in [-0.4, -0.2) is 29.5 Å². The van der Waals surface area contributed by atoms with Crippen LogP contribution >= 0.6 is 11.8 Å². The van der Waals surface area contributed by atoms with Crippen LogP contribution in [0.25, 0.3) is 0 Å². The predicted octanol–water partition coefficient (Wildman–Crippen LogP) is 5.10. The Morgan fingerprint density at radius 1 is 1.10 bits per heavy atom. The van der Waals surface area contributed by atoms with E-state index in [1.165, 1.54) is 28.8 Å². The predicted molar refractivity (Wildman–Crippen MR) is 129 cm³/mol. The first-order valence-corrected chi connectivity index (χ1v) is 11.6. The summed E-state index contributed by atoms with van der Waals surface area (Å²) < 4.78 is 0. The first-order chi connectivity index (χ1) is 13.9. The van der Waals surface area contributed by atoms with Crippen LogP contribution in [0.5, 0.6) is 0 Å². The molecule has 0 spiro atoms. The maximum atomic E-state index is 5.82. The Bertz CT molecular complexity index is 768. The van der Waals surface area contributed by atoms with Crippen LogP contribution in [-0.2, 0) is 6.42 Å². The van der Waals surface area contributed by atoms with Gasteiger partial charge in [0.1, 0.15) is 0 Å². The van der Waals surface area contributed by atoms with Crippen molar-refractivity contribution < 1.29 is 0 Å². The standard InChI is InChI=1S/C15H17N.C10H18N2S/c1-12(16)15-9-7-14(8-10-15)11-13-5-3-2-4-6-13;1-8(7-13-3)12-6-4-5-10(12)9(2)11/h2-10,12H,11,16H2,1H3;10H,1-2,4-7,11H2,3H3. The summed E-state index contributed by atoms with van der Waals surface area (Å²) in [6, 6.07) is 19.5. The third kappa shape index (κ3) is 7.30. The maximum absolute atomic E-state index is 5.82. The SMILES string of the molecule is C=C(N)C1CCCN1C(=C)CSC.CC(N)c1ccc(Cc2ccccc2)cc1. The molecule has 4 N–H and O–H groups in total. The first kappa shape index (κ1) is 23.1. The van der Waals surface area contributed by atoms with Crippen molar-refractivity contribution in [3.05, 3.63) is 95.8 Å². The minimum atomic E-state index is 0.116. The quantitative estimate of drug-likeness (QED) is 0.668. The summed E-state index contributed by atoms with van der Waals surface area (Å²) >= 11 is 1.80. The van der Waals surface area contributed by atoms with Gasteiger partial charge in [0.2, 0.25) is 0 Å². The van der Waals surface area contributed by atoms with E-state index in [2.05, 4.69) is 72.8 Å². The van der Waals surface area contributed by atoms with E-state index in [4.69, 9.17) is 11.5 Å². The largest absolute Gasteiger partial charge is 0.401 e. The van der Waals surface area contributed by atoms with Gasteiger partial charge in [-0.2, -0.15) is 11.8 Å². The molecular formula is C25H35N3S. The summed E-state index contributed by atoms with van der Waals surface area (Å²) in [5.74, 6) is 0.990. The monoisotopic (exact) mass is 409 g/mol. The van der Waals surface area contributed by atoms with Crippen LogP contribution in [0.15, 0.2) is 79.1 Å². The van der Waals surface area contributed by atoms with E-state index in [0.29, 0.717) is 6.04 Å². The van der Waals surface area contributed by atoms with Crippen molar-refractivity contribution in [3.8, 4) is 0 Å². The molecule has 1 fully saturated rings. The number of nitrogens with zero attached hydrogens (tertiary/aromatic N) is 1. The van der Waals surface area contributed by atoms with Crippen LogP contribution in [0.3, 0.4) is 0 Å². The van der Waals surface area contributed by atoms with Crippen molar-refractivity contribution in [2.75, 3.05) is 18.6 Å². The molecule has 3 rings (SSSR count). The third-order valence-electron chi connectivity index (χ3n) is 5.15. The molecule has 0 saturated carbocycles. The van der Waals surface area contributed by atoms with Gasteiger partial charge < -0.3 is 16.4 Å². The highest BCUT2D eigenvalue weighted by atomic mass is 32.2. The Morgan fingerprint density at radius 2 is 1.72 bits per heavy atom. The van der Waals surface area contributed by atoms with Gasteiger partial charge in [-0.1, -0.05) is 67.8 Å². The van der Waals surface area contributed by atoms with Crippen LogP contribution in [0.2, 0.25) is 0 Å². The molecule has 2 aromatic rings. The normalized spacial score (nSPS) is 16.7. The Morgan fingerprint density at radius 3 is 2.28 bits per heavy atom. The molecule has 0 amide bonds. The van der Waals surface area contributed by atoms with E-state index in [1.807, 2.05) is 13.0 Å². The lowest BCUT2D eigenvalue weighted by Gasteiger charge is -2.28. The zero-order chi connectivity index (χ0) is 21.2. The molecule has 1 saturated heterocycles. The fourth-order valence-electron chi connectivity index (χ4n) is 3.55. The summed E-state index contributed by atoms with van der Waals surface area (Å²) in [4.78, 5) is 2.29. The molecule has 1 aliphatic heterocycles. The zero-order valence-corrected chi connectivity index (χ0v) is 18.6. The van der Waals surface area contributed by atoms with Gasteiger partial charge in [0.15, 0.2) is 0 Å². The number of thioether (sulfide) groups is 1. The number of hydrogen-bond acceptors (Lipinski definition) is 4. The summed E-state index contributed by atoms with van der Waals surface area (Å²) in [5.41, 5.74) is 17.4. The summed E-state index contributed by atoms with van der Waals surface area (Å²) in [6.45, 7) is 11.0. The number of hydrogen-bond donors (Lipinski definition) is 2. The Balaban J connectivity index is 0.000000212. The first-order valence-electron chi connectivity index (χ1n) is 10.2. The van der Waals surface area contributed by atoms with Crippen molar-refractivity contribution in [2.24, 2.45) is 11.5 Å². The minimum absolute atomic E-state index is 0.116. The van der Waals surface area contributed by atoms with E-state index < -0.39 is 0 Å². The average molecular weight is 410 g/mol. The molecule has 0 radical (unpaired) electrons. The second kappa shape index (κ2) is 11.7. The maximum Gasteiger partial charge on any atom is 0.0678 e. The zero-order valence-electron chi connectivity index (χ0n) is 17.8. The molecule has 2 unspecified atom stereocenters. The van der Waals surface area contributed by atoms with Crippen LogP contribution < -0.4 is 11.5 Å². The molecule has 1 heterocycles. The number of likely N-dealkylation sites (tertiary alicyclic amines) is 1. The number of nitrogens with two attached hydrogens (primary N) is 2. The minimum Gasteiger partial charge on any atom is -0.401 e. The summed E-state index contributed by atoms with van der Waals surface area (Å²) in [5, 5.41) is 0. The van der Waals surface area contributed by atoms with E-state index in [9.17, 15) is 0 Å². The molecule has 4 heteroatoms. The molecule has 0 bridgehead atoms. The lowest BCUT2D eigenvalue weighted by Crippen LogP contribution is -2.33. The van der Waals surface area contributed by atoms with Gasteiger partial charge >= 0.3 is 0 Å². The number of rotatable bonds is 7. The molecule has 29 heavy (non-hydrogen) atoms. The Kier molecular flexibility index (Phi) is 9.36. The second-order valence-electron chi connectivity index (χ2n) is 7.62. The molecule has 156 valence electrons. The highest BCUT2D eigenvalue weighted by molar-refractivity contribution is 7.98. The lowest BCUT2D eigenvalue weighted by atomic mass is 10.0. The van der Waals surface area contributed by atoms with Crippen molar-refractivity contribution >= 4 is 11.8 Å². The Labute approximate surface area is 180 Å². The van der Waals surface area contributed by atoms with Gasteiger partial charge in [-0.05, 0) is 49.1 Å². The third-order valence-corrected chi connectivity index (χ3v) is 5.78. The van der Waals surface area contributed by atoms with E-state index >= 15 is 0 Å². The molecule has 0 aromatic heterocycles. The number of benzene rings is 2. The van der Waals surface area contributed by atoms with Crippen LogP contribution in [0.4, 0.5) is 0 Å². The van der Waals surface area contributed by atoms with Gasteiger partial charge in [-0.3, -0.25) is 0 Å². The topological polar surface area (TPSA) is 55.3 Å². The fraction of sp³-hybridized carbons (Fsp3) is 0.360. The van der Waals surface area contributed by atoms with Crippen LogP contribution in [0, 0.1) is 0 Å². The van der Waals surface area contributed by atoms with Gasteiger partial charge in [-0.15, -0.1) is 0 Å². The highest BCUT2D eigenvalue weighted by Crippen LogP contribution is 2.25. The van der Waals surface area contributed by atoms with Crippen molar-refractivity contribution in [1.29, 1.82) is 0 Å². The molecule has 2 atom stereocenters. The van der Waals surface area contributed by atoms with E-state index in [-0.39, 0.29) is 6.04 Å². The Hall–Kier alpha value is -2.17. The van der Waals surface area contributed by atoms with E-state index in [1.54, 1.807) is 11.8 Å². The van der Waals surface area contributed by atoms with Gasteiger partial charge in [0.25, 0.3) is 0 Å². The van der Waals surface area contributed by atoms with Crippen molar-refractivity contribution in [3.63, 3.8) is 0 Å². The molecule has 0 aliphatic carbocycles. The fourth-order valence-corrected chi connectivity index (χ4v) is 4.05. The molecule has 1 aliphatic rings. The summed E-state index contributed by atoms with van der Waals surface area (Å²) in [7, 11) is 0. The lowest BCUT2D eigenvalue weighted by molar-refractivity contribution is 0.357. The van der Waals surface area contributed by atoms with Gasteiger partial charge in [-0.25, -0.2) is 0 Å². The smallest absolute Gasteiger partial charge is 0.0678 e. The van der Waals surface area contributed by atoms with Gasteiger partial charge in [0.05, 0.1) is 6.04 Å². The summed E-state index contributed by atoms with van der Waals surface area (Å²) in [6.07, 6.45) is 5.41. The molecule has 3 nitrogen and oxygen atoms in total. The second-order valence-corrected chi connectivity index (χ2v) is 8.48. The van der Waals surface area contributed by atoms with E-state index in [0.717, 1.165) is 30.8 Å². The van der Waals surface area contributed by atoms with Crippen LogP contribution in [0.1, 0.15) is 42.5 Å². The molecular weight excluding hydrogens is 374 g/mol. The molecule has 2 aromatic carbocycles. The van der Waals surface area contributed by atoms with Gasteiger partial charge in [0, 0.05) is 29.7 Å². The van der Waals surface area contributed by atoms with Crippen molar-refractivity contribution in [2.45, 2.75) is 38.3 Å². The highest BCUT2D eigenvalue weighted by Gasteiger charge is 2.25.